The Labute approximate surface area is 179 Å². The van der Waals surface area contributed by atoms with Crippen molar-refractivity contribution >= 4 is 17.1 Å². The zero-order valence-electron chi connectivity index (χ0n) is 16.7. The second kappa shape index (κ2) is 6.59. The molecule has 3 aliphatic rings. The van der Waals surface area contributed by atoms with Crippen molar-refractivity contribution in [3.05, 3.63) is 59.3 Å². The quantitative estimate of drug-likeness (QED) is 0.571. The average Bonchev–Trinajstić information content (AvgIpc) is 3.45. The first-order chi connectivity index (χ1) is 14.6. The van der Waals surface area contributed by atoms with Gasteiger partial charge in [0.15, 0.2) is 11.6 Å². The monoisotopic (exact) mass is 453 g/mol. The van der Waals surface area contributed by atoms with Gasteiger partial charge in [0.2, 0.25) is 0 Å². The molecule has 0 saturated heterocycles. The van der Waals surface area contributed by atoms with Crippen LogP contribution in [-0.4, -0.2) is 27.5 Å². The molecule has 0 aliphatic heterocycles. The summed E-state index contributed by atoms with van der Waals surface area (Å²) in [5.74, 6) is -6.60. The zero-order valence-corrected chi connectivity index (χ0v) is 17.5. The van der Waals surface area contributed by atoms with Gasteiger partial charge < -0.3 is 15.8 Å². The minimum Gasteiger partial charge on any atom is -0.504 e. The highest BCUT2D eigenvalue weighted by atomic mass is 32.1. The molecule has 6 nitrogen and oxygen atoms in total. The van der Waals surface area contributed by atoms with Crippen LogP contribution in [-0.2, 0) is 11.8 Å². The number of aryl methyl sites for hydroxylation is 1. The maximum atomic E-state index is 16.0. The summed E-state index contributed by atoms with van der Waals surface area (Å²) >= 11 is 1.27. The van der Waals surface area contributed by atoms with Gasteiger partial charge in [0.05, 0.1) is 11.3 Å². The molecule has 3 atom stereocenters. The van der Waals surface area contributed by atoms with E-state index in [4.69, 9.17) is 5.73 Å². The van der Waals surface area contributed by atoms with Crippen LogP contribution < -0.4 is 17.0 Å². The Bertz CT molecular complexity index is 1230. The van der Waals surface area contributed by atoms with Crippen LogP contribution in [0.4, 0.5) is 13.2 Å². The van der Waals surface area contributed by atoms with Crippen LogP contribution in [0, 0.1) is 5.92 Å². The van der Waals surface area contributed by atoms with Crippen molar-refractivity contribution in [2.24, 2.45) is 11.7 Å². The molecule has 5 rings (SSSR count). The Kier molecular flexibility index (Phi) is 4.37. The molecule has 0 amide bonds. The summed E-state index contributed by atoms with van der Waals surface area (Å²) in [6.07, 6.45) is 1.23. The number of aromatic amines is 2. The van der Waals surface area contributed by atoms with Crippen molar-refractivity contribution in [2.45, 2.75) is 55.8 Å². The fourth-order valence-electron chi connectivity index (χ4n) is 5.50. The molecule has 31 heavy (non-hydrogen) atoms. The first kappa shape index (κ1) is 20.6. The molecule has 0 bridgehead atoms. The second-order valence-electron chi connectivity index (χ2n) is 8.76. The standard InChI is InChI=1S/C21H22F3N3O3S/c1-8-15-14(18(29)27-19(30)26-15)16(28)17(22)21(8,9-2-3-9)13-6-10-11(7-25)20(23,24)5-4-12(10)31-13/h6,8-9,11,28H,2-5,7,25H2,1H3,(H2,26,27,29,30). The van der Waals surface area contributed by atoms with Crippen molar-refractivity contribution in [1.29, 1.82) is 0 Å². The molecule has 2 aromatic heterocycles. The van der Waals surface area contributed by atoms with Crippen LogP contribution in [0.1, 0.15) is 64.6 Å². The summed E-state index contributed by atoms with van der Waals surface area (Å²) in [6.45, 7) is 1.48. The largest absolute Gasteiger partial charge is 0.504 e. The van der Waals surface area contributed by atoms with Crippen LogP contribution in [0.15, 0.2) is 21.5 Å². The Morgan fingerprint density at radius 3 is 2.65 bits per heavy atom. The van der Waals surface area contributed by atoms with Crippen molar-refractivity contribution in [2.75, 3.05) is 6.54 Å². The van der Waals surface area contributed by atoms with Crippen LogP contribution in [0.3, 0.4) is 0 Å². The van der Waals surface area contributed by atoms with Gasteiger partial charge in [0.1, 0.15) is 5.56 Å². The summed E-state index contributed by atoms with van der Waals surface area (Å²) in [4.78, 5) is 30.1. The fraction of sp³-hybridized carbons (Fsp3) is 0.524. The minimum absolute atomic E-state index is 0.159. The number of rotatable bonds is 3. The third-order valence-electron chi connectivity index (χ3n) is 7.17. The molecule has 1 saturated carbocycles. The summed E-state index contributed by atoms with van der Waals surface area (Å²) in [6, 6.07) is 1.61. The molecule has 166 valence electrons. The van der Waals surface area contributed by atoms with Gasteiger partial charge in [-0.15, -0.1) is 11.3 Å². The predicted octanol–water partition coefficient (Wildman–Crippen LogP) is 3.41. The number of thiophene rings is 1. The normalized spacial score (nSPS) is 29.6. The molecule has 3 aliphatic carbocycles. The molecule has 3 unspecified atom stereocenters. The third-order valence-corrected chi connectivity index (χ3v) is 8.53. The topological polar surface area (TPSA) is 112 Å². The highest BCUT2D eigenvalue weighted by Gasteiger charge is 2.59. The highest BCUT2D eigenvalue weighted by molar-refractivity contribution is 7.12. The lowest BCUT2D eigenvalue weighted by Gasteiger charge is -2.41. The van der Waals surface area contributed by atoms with E-state index in [2.05, 4.69) is 4.98 Å². The molecule has 0 spiro atoms. The SMILES string of the molecule is CC1c2[nH]c(=O)[nH]c(=O)c2C(O)=C(F)C1(c1cc2c(s1)CCC(F)(F)C2CN)C1CC1. The highest BCUT2D eigenvalue weighted by Crippen LogP contribution is 2.64. The first-order valence-corrected chi connectivity index (χ1v) is 11.1. The molecule has 2 aromatic rings. The second-order valence-corrected chi connectivity index (χ2v) is 9.90. The molecule has 2 heterocycles. The number of alkyl halides is 2. The van der Waals surface area contributed by atoms with Gasteiger partial charge in [-0.1, -0.05) is 6.92 Å². The Morgan fingerprint density at radius 1 is 1.29 bits per heavy atom. The number of aliphatic hydroxyl groups excluding tert-OH is 1. The van der Waals surface area contributed by atoms with E-state index >= 15 is 4.39 Å². The maximum Gasteiger partial charge on any atom is 0.325 e. The number of aliphatic hydroxyl groups is 1. The van der Waals surface area contributed by atoms with Gasteiger partial charge in [0, 0.05) is 34.3 Å². The number of aromatic nitrogens is 2. The molecular weight excluding hydrogens is 431 g/mol. The zero-order chi connectivity index (χ0) is 22.3. The van der Waals surface area contributed by atoms with E-state index in [0.717, 1.165) is 4.88 Å². The minimum atomic E-state index is -2.94. The van der Waals surface area contributed by atoms with E-state index in [1.807, 2.05) is 4.98 Å². The number of hydrogen-bond donors (Lipinski definition) is 4. The summed E-state index contributed by atoms with van der Waals surface area (Å²) in [5.41, 5.74) is 3.05. The van der Waals surface area contributed by atoms with Gasteiger partial charge >= 0.3 is 5.69 Å². The maximum absolute atomic E-state index is 16.0. The number of halogens is 3. The summed E-state index contributed by atoms with van der Waals surface area (Å²) in [7, 11) is 0. The van der Waals surface area contributed by atoms with E-state index in [9.17, 15) is 23.5 Å². The van der Waals surface area contributed by atoms with Crippen LogP contribution in [0.2, 0.25) is 0 Å². The lowest BCUT2D eigenvalue weighted by molar-refractivity contribution is -0.0381. The smallest absolute Gasteiger partial charge is 0.325 e. The van der Waals surface area contributed by atoms with Crippen LogP contribution in [0.25, 0.3) is 5.76 Å². The van der Waals surface area contributed by atoms with Gasteiger partial charge in [-0.05, 0) is 36.8 Å². The summed E-state index contributed by atoms with van der Waals surface area (Å²) < 4.78 is 45.0. The van der Waals surface area contributed by atoms with Crippen LogP contribution in [0.5, 0.6) is 0 Å². The van der Waals surface area contributed by atoms with Crippen molar-refractivity contribution in [3.8, 4) is 0 Å². The van der Waals surface area contributed by atoms with E-state index in [1.165, 1.54) is 11.3 Å². The Hall–Kier alpha value is -2.33. The van der Waals surface area contributed by atoms with E-state index in [1.54, 1.807) is 13.0 Å². The molecule has 0 aromatic carbocycles. The van der Waals surface area contributed by atoms with Gasteiger partial charge in [-0.3, -0.25) is 9.78 Å². The van der Waals surface area contributed by atoms with Crippen molar-refractivity contribution < 1.29 is 18.3 Å². The number of hydrogen-bond acceptors (Lipinski definition) is 5. The van der Waals surface area contributed by atoms with Crippen LogP contribution >= 0.6 is 11.3 Å². The Balaban J connectivity index is 1.77. The number of nitrogens with two attached hydrogens (primary N) is 1. The van der Waals surface area contributed by atoms with Crippen molar-refractivity contribution in [1.82, 2.24) is 9.97 Å². The molecule has 5 N–H and O–H groups in total. The third kappa shape index (κ3) is 2.67. The predicted molar refractivity (Wildman–Crippen MR) is 111 cm³/mol. The average molecular weight is 453 g/mol. The van der Waals surface area contributed by atoms with Crippen molar-refractivity contribution in [3.63, 3.8) is 0 Å². The molecule has 0 radical (unpaired) electrons. The lowest BCUT2D eigenvalue weighted by atomic mass is 9.64. The lowest BCUT2D eigenvalue weighted by Crippen LogP contribution is -2.42. The van der Waals surface area contributed by atoms with Gasteiger partial charge in [-0.2, -0.15) is 0 Å². The Morgan fingerprint density at radius 2 is 2.00 bits per heavy atom. The van der Waals surface area contributed by atoms with E-state index in [-0.39, 0.29) is 36.6 Å². The molecule has 10 heteroatoms. The first-order valence-electron chi connectivity index (χ1n) is 10.3. The molecular formula is C21H22F3N3O3S. The number of nitrogens with one attached hydrogen (secondary N) is 2. The van der Waals surface area contributed by atoms with Gasteiger partial charge in [0.25, 0.3) is 11.5 Å². The number of H-pyrrole nitrogens is 2. The number of allylic oxidation sites excluding steroid dienone is 1. The fourth-order valence-corrected chi connectivity index (χ4v) is 7.08. The summed E-state index contributed by atoms with van der Waals surface area (Å²) in [5, 5.41) is 10.7. The molecule has 1 fully saturated rings. The van der Waals surface area contributed by atoms with E-state index in [0.29, 0.717) is 23.3 Å². The van der Waals surface area contributed by atoms with Gasteiger partial charge in [-0.25, -0.2) is 18.0 Å². The number of fused-ring (bicyclic) bond motifs is 2. The van der Waals surface area contributed by atoms with E-state index < -0.39 is 46.0 Å².